The van der Waals surface area contributed by atoms with Crippen molar-refractivity contribution in [3.05, 3.63) is 29.6 Å². The van der Waals surface area contributed by atoms with Crippen LogP contribution in [0.4, 0.5) is 4.39 Å². The second-order valence-electron chi connectivity index (χ2n) is 5.51. The molecule has 0 amide bonds. The molecule has 1 aromatic carbocycles. The van der Waals surface area contributed by atoms with Gasteiger partial charge in [0.1, 0.15) is 11.6 Å². The van der Waals surface area contributed by atoms with Crippen molar-refractivity contribution < 1.29 is 14.3 Å². The lowest BCUT2D eigenvalue weighted by Crippen LogP contribution is -2.37. The molecule has 2 rings (SSSR count). The molecule has 1 atom stereocenters. The highest BCUT2D eigenvalue weighted by molar-refractivity contribution is 6.00. The van der Waals surface area contributed by atoms with Crippen LogP contribution in [0.25, 0.3) is 0 Å². The summed E-state index contributed by atoms with van der Waals surface area (Å²) in [4.78, 5) is 14.3. The maximum atomic E-state index is 13.1. The molecular weight excluding hydrogens is 245 g/mol. The third-order valence-corrected chi connectivity index (χ3v) is 3.79. The Morgan fingerprint density at radius 3 is 2.95 bits per heavy atom. The standard InChI is InChI=1S/C15H20FNO2/c1-10(2)13-4-3-7-17(13)9-15(19)12-8-11(16)5-6-14(12)18/h5-6,8,10,13,18H,3-4,7,9H2,1-2H3. The van der Waals surface area contributed by atoms with Crippen LogP contribution in [0.15, 0.2) is 18.2 Å². The van der Waals surface area contributed by atoms with Crippen molar-refractivity contribution in [2.45, 2.75) is 32.7 Å². The Bertz CT molecular complexity index is 473. The molecule has 1 fully saturated rings. The number of halogens is 1. The van der Waals surface area contributed by atoms with E-state index < -0.39 is 5.82 Å². The van der Waals surface area contributed by atoms with Gasteiger partial charge in [-0.05, 0) is 43.5 Å². The lowest BCUT2D eigenvalue weighted by atomic mass is 10.0. The Balaban J connectivity index is 2.10. The maximum absolute atomic E-state index is 13.1. The first kappa shape index (κ1) is 14.0. The van der Waals surface area contributed by atoms with Gasteiger partial charge < -0.3 is 5.11 Å². The Morgan fingerprint density at radius 1 is 1.53 bits per heavy atom. The number of likely N-dealkylation sites (tertiary alicyclic amines) is 1. The Morgan fingerprint density at radius 2 is 2.26 bits per heavy atom. The molecule has 104 valence electrons. The predicted molar refractivity (Wildman–Crippen MR) is 71.8 cm³/mol. The molecule has 1 aliphatic heterocycles. The molecule has 1 aliphatic rings. The summed E-state index contributed by atoms with van der Waals surface area (Å²) >= 11 is 0. The second kappa shape index (κ2) is 5.70. The van der Waals surface area contributed by atoms with Gasteiger partial charge in [-0.25, -0.2) is 4.39 Å². The molecule has 0 radical (unpaired) electrons. The maximum Gasteiger partial charge on any atom is 0.180 e. The fourth-order valence-electron chi connectivity index (χ4n) is 2.80. The van der Waals surface area contributed by atoms with Gasteiger partial charge in [0, 0.05) is 6.04 Å². The summed E-state index contributed by atoms with van der Waals surface area (Å²) in [7, 11) is 0. The molecule has 0 aromatic heterocycles. The number of aromatic hydroxyl groups is 1. The molecule has 1 saturated heterocycles. The van der Waals surface area contributed by atoms with Crippen LogP contribution in [0.3, 0.4) is 0 Å². The predicted octanol–water partition coefficient (Wildman–Crippen LogP) is 2.83. The van der Waals surface area contributed by atoms with E-state index in [2.05, 4.69) is 18.7 Å². The fourth-order valence-corrected chi connectivity index (χ4v) is 2.80. The zero-order valence-electron chi connectivity index (χ0n) is 11.4. The number of rotatable bonds is 4. The van der Waals surface area contributed by atoms with Crippen molar-refractivity contribution >= 4 is 5.78 Å². The normalized spacial score (nSPS) is 20.1. The Hall–Kier alpha value is -1.42. The van der Waals surface area contributed by atoms with Crippen LogP contribution in [0.2, 0.25) is 0 Å². The van der Waals surface area contributed by atoms with Crippen LogP contribution in [-0.4, -0.2) is 34.9 Å². The molecule has 0 bridgehead atoms. The first-order valence-electron chi connectivity index (χ1n) is 6.75. The minimum atomic E-state index is -0.497. The van der Waals surface area contributed by atoms with Gasteiger partial charge in [0.15, 0.2) is 5.78 Å². The van der Waals surface area contributed by atoms with Crippen molar-refractivity contribution in [1.29, 1.82) is 0 Å². The molecule has 1 aromatic rings. The lowest BCUT2D eigenvalue weighted by molar-refractivity contribution is 0.0901. The van der Waals surface area contributed by atoms with Crippen molar-refractivity contribution in [2.75, 3.05) is 13.1 Å². The zero-order valence-corrected chi connectivity index (χ0v) is 11.4. The first-order chi connectivity index (χ1) is 8.99. The van der Waals surface area contributed by atoms with E-state index in [9.17, 15) is 14.3 Å². The number of benzene rings is 1. The SMILES string of the molecule is CC(C)C1CCCN1CC(=O)c1cc(F)ccc1O. The molecule has 3 nitrogen and oxygen atoms in total. The summed E-state index contributed by atoms with van der Waals surface area (Å²) in [6.07, 6.45) is 2.19. The van der Waals surface area contributed by atoms with Gasteiger partial charge >= 0.3 is 0 Å². The van der Waals surface area contributed by atoms with E-state index in [1.807, 2.05) is 0 Å². The molecule has 4 heteroatoms. The highest BCUT2D eigenvalue weighted by Gasteiger charge is 2.29. The molecule has 1 heterocycles. The molecule has 0 saturated carbocycles. The minimum Gasteiger partial charge on any atom is -0.507 e. The number of hydrogen-bond donors (Lipinski definition) is 1. The van der Waals surface area contributed by atoms with Crippen molar-refractivity contribution in [2.24, 2.45) is 5.92 Å². The van der Waals surface area contributed by atoms with Gasteiger partial charge in [0.25, 0.3) is 0 Å². The lowest BCUT2D eigenvalue weighted by Gasteiger charge is -2.26. The molecule has 0 aliphatic carbocycles. The summed E-state index contributed by atoms with van der Waals surface area (Å²) in [5.74, 6) is -0.365. The number of ketones is 1. The van der Waals surface area contributed by atoms with E-state index in [1.165, 1.54) is 6.07 Å². The van der Waals surface area contributed by atoms with Crippen LogP contribution in [0.5, 0.6) is 5.75 Å². The van der Waals surface area contributed by atoms with E-state index >= 15 is 0 Å². The summed E-state index contributed by atoms with van der Waals surface area (Å²) in [5, 5.41) is 9.65. The summed E-state index contributed by atoms with van der Waals surface area (Å²) < 4.78 is 13.1. The van der Waals surface area contributed by atoms with Gasteiger partial charge in [0.05, 0.1) is 12.1 Å². The number of phenolic OH excluding ortho intramolecular Hbond substituents is 1. The highest BCUT2D eigenvalue weighted by Crippen LogP contribution is 2.25. The Kier molecular flexibility index (Phi) is 4.20. The highest BCUT2D eigenvalue weighted by atomic mass is 19.1. The minimum absolute atomic E-state index is 0.0782. The summed E-state index contributed by atoms with van der Waals surface area (Å²) in [5.41, 5.74) is 0.0782. The molecule has 1 N–H and O–H groups in total. The Labute approximate surface area is 113 Å². The number of nitrogens with zero attached hydrogens (tertiary/aromatic N) is 1. The fraction of sp³-hybridized carbons (Fsp3) is 0.533. The average molecular weight is 265 g/mol. The molecule has 19 heavy (non-hydrogen) atoms. The van der Waals surface area contributed by atoms with E-state index in [0.29, 0.717) is 12.0 Å². The molecule has 1 unspecified atom stereocenters. The zero-order chi connectivity index (χ0) is 14.0. The van der Waals surface area contributed by atoms with Crippen LogP contribution in [0.1, 0.15) is 37.0 Å². The van der Waals surface area contributed by atoms with Crippen LogP contribution >= 0.6 is 0 Å². The monoisotopic (exact) mass is 265 g/mol. The van der Waals surface area contributed by atoms with Crippen LogP contribution in [0, 0.1) is 11.7 Å². The van der Waals surface area contributed by atoms with Crippen molar-refractivity contribution in [1.82, 2.24) is 4.90 Å². The number of carbonyl (C=O) groups is 1. The van der Waals surface area contributed by atoms with Gasteiger partial charge in [-0.3, -0.25) is 9.69 Å². The van der Waals surface area contributed by atoms with E-state index in [-0.39, 0.29) is 23.6 Å². The smallest absolute Gasteiger partial charge is 0.180 e. The number of phenols is 1. The van der Waals surface area contributed by atoms with E-state index in [1.54, 1.807) is 0 Å². The topological polar surface area (TPSA) is 40.5 Å². The van der Waals surface area contributed by atoms with Gasteiger partial charge in [-0.2, -0.15) is 0 Å². The summed E-state index contributed by atoms with van der Waals surface area (Å²) in [6.45, 7) is 5.44. The van der Waals surface area contributed by atoms with E-state index in [0.717, 1.165) is 31.5 Å². The third kappa shape index (κ3) is 3.13. The molecule has 0 spiro atoms. The van der Waals surface area contributed by atoms with Crippen molar-refractivity contribution in [3.8, 4) is 5.75 Å². The number of carbonyl (C=O) groups excluding carboxylic acids is 1. The van der Waals surface area contributed by atoms with Crippen molar-refractivity contribution in [3.63, 3.8) is 0 Å². The summed E-state index contributed by atoms with van der Waals surface area (Å²) in [6, 6.07) is 3.89. The molecular formula is C15H20FNO2. The van der Waals surface area contributed by atoms with Gasteiger partial charge in [-0.15, -0.1) is 0 Å². The second-order valence-corrected chi connectivity index (χ2v) is 5.51. The van der Waals surface area contributed by atoms with E-state index in [4.69, 9.17) is 0 Å². The largest absolute Gasteiger partial charge is 0.507 e. The van der Waals surface area contributed by atoms with Gasteiger partial charge in [-0.1, -0.05) is 13.8 Å². The van der Waals surface area contributed by atoms with Crippen LogP contribution < -0.4 is 0 Å². The number of hydrogen-bond acceptors (Lipinski definition) is 3. The first-order valence-corrected chi connectivity index (χ1v) is 6.75. The third-order valence-electron chi connectivity index (χ3n) is 3.79. The number of Topliss-reactive ketones (excluding diaryl/α,β-unsaturated/α-hetero) is 1. The average Bonchev–Trinajstić information content (AvgIpc) is 2.80. The van der Waals surface area contributed by atoms with Gasteiger partial charge in [0.2, 0.25) is 0 Å². The van der Waals surface area contributed by atoms with Crippen LogP contribution in [-0.2, 0) is 0 Å². The quantitative estimate of drug-likeness (QED) is 0.851.